The van der Waals surface area contributed by atoms with Crippen LogP contribution in [0.5, 0.6) is 0 Å². The van der Waals surface area contributed by atoms with E-state index in [2.05, 4.69) is 6.58 Å². The van der Waals surface area contributed by atoms with Crippen LogP contribution in [0.3, 0.4) is 0 Å². The van der Waals surface area contributed by atoms with Crippen molar-refractivity contribution in [1.82, 2.24) is 0 Å². The van der Waals surface area contributed by atoms with Crippen molar-refractivity contribution in [3.05, 3.63) is 35.9 Å². The summed E-state index contributed by atoms with van der Waals surface area (Å²) in [5, 5.41) is 8.53. The summed E-state index contributed by atoms with van der Waals surface area (Å²) in [6, 6.07) is 0. The maximum absolute atomic E-state index is 8.53. The van der Waals surface area contributed by atoms with Gasteiger partial charge in [-0.2, -0.15) is 0 Å². The highest BCUT2D eigenvalue weighted by Gasteiger charge is 1.84. The Hall–Kier alpha value is -0.755. The second kappa shape index (κ2) is 10.2. The van der Waals surface area contributed by atoms with Gasteiger partial charge in [0.1, 0.15) is 7.85 Å². The number of allylic oxidation sites excluding steroid dienone is 3. The standard InChI is InChI=1S/C8H11BO.C2H6/c1-3-4-8(9)5-7(2)6-10;1-2/h3-5,10H,2,6H2,1H3;1-2H3/b4-3-,8-5+;. The molecule has 66 valence electrons. The van der Waals surface area contributed by atoms with Gasteiger partial charge in [-0.05, 0) is 12.5 Å². The van der Waals surface area contributed by atoms with Crippen LogP contribution in [0, 0.1) is 0 Å². The Balaban J connectivity index is 0. The minimum Gasteiger partial charge on any atom is -0.392 e. The number of hydrogen-bond acceptors (Lipinski definition) is 1. The summed E-state index contributed by atoms with van der Waals surface area (Å²) in [5.74, 6) is 0. The molecular weight excluding hydrogens is 147 g/mol. The summed E-state index contributed by atoms with van der Waals surface area (Å²) in [4.78, 5) is 0. The van der Waals surface area contributed by atoms with Crippen molar-refractivity contribution >= 4 is 7.85 Å². The Morgan fingerprint density at radius 2 is 2.00 bits per heavy atom. The lowest BCUT2D eigenvalue weighted by Crippen LogP contribution is -1.85. The molecule has 0 aliphatic heterocycles. The Morgan fingerprint density at radius 1 is 1.50 bits per heavy atom. The van der Waals surface area contributed by atoms with Gasteiger partial charge in [0.05, 0.1) is 6.61 Å². The van der Waals surface area contributed by atoms with Crippen molar-refractivity contribution in [3.63, 3.8) is 0 Å². The molecule has 0 atom stereocenters. The molecule has 0 aliphatic carbocycles. The minimum atomic E-state index is -0.0434. The largest absolute Gasteiger partial charge is 0.392 e. The van der Waals surface area contributed by atoms with Crippen LogP contribution in [-0.2, 0) is 0 Å². The minimum absolute atomic E-state index is 0.0434. The highest BCUT2D eigenvalue weighted by molar-refractivity contribution is 6.23. The van der Waals surface area contributed by atoms with Crippen molar-refractivity contribution in [1.29, 1.82) is 0 Å². The maximum Gasteiger partial charge on any atom is 0.113 e. The van der Waals surface area contributed by atoms with Crippen LogP contribution < -0.4 is 0 Å². The highest BCUT2D eigenvalue weighted by Crippen LogP contribution is 1.97. The molecule has 1 nitrogen and oxygen atoms in total. The second-order valence-corrected chi connectivity index (χ2v) is 1.96. The molecule has 0 aromatic rings. The highest BCUT2D eigenvalue weighted by atomic mass is 16.3. The van der Waals surface area contributed by atoms with Gasteiger partial charge in [-0.25, -0.2) is 0 Å². The summed E-state index contributed by atoms with van der Waals surface area (Å²) in [6.45, 7) is 9.39. The third kappa shape index (κ3) is 9.24. The molecule has 0 amide bonds. The van der Waals surface area contributed by atoms with E-state index in [1.54, 1.807) is 12.2 Å². The summed E-state index contributed by atoms with van der Waals surface area (Å²) in [5.41, 5.74) is 1.23. The Labute approximate surface area is 76.9 Å². The van der Waals surface area contributed by atoms with Crippen LogP contribution in [0.1, 0.15) is 20.8 Å². The van der Waals surface area contributed by atoms with E-state index < -0.39 is 0 Å². The van der Waals surface area contributed by atoms with Crippen molar-refractivity contribution in [2.24, 2.45) is 0 Å². The van der Waals surface area contributed by atoms with E-state index >= 15 is 0 Å². The zero-order valence-corrected chi connectivity index (χ0v) is 8.17. The smallest absolute Gasteiger partial charge is 0.113 e. The Kier molecular flexibility index (Phi) is 11.8. The fraction of sp³-hybridized carbons (Fsp3) is 0.400. The van der Waals surface area contributed by atoms with Crippen molar-refractivity contribution in [2.75, 3.05) is 6.61 Å². The molecule has 12 heavy (non-hydrogen) atoms. The van der Waals surface area contributed by atoms with Crippen LogP contribution in [0.25, 0.3) is 0 Å². The number of aliphatic hydroxyl groups excluding tert-OH is 1. The zero-order valence-electron chi connectivity index (χ0n) is 8.17. The lowest BCUT2D eigenvalue weighted by Gasteiger charge is -1.93. The Morgan fingerprint density at radius 3 is 2.33 bits per heavy atom. The third-order valence-corrected chi connectivity index (χ3v) is 0.933. The van der Waals surface area contributed by atoms with Gasteiger partial charge in [0.15, 0.2) is 0 Å². The van der Waals surface area contributed by atoms with Gasteiger partial charge >= 0.3 is 0 Å². The average Bonchev–Trinajstić information content (AvgIpc) is 2.08. The van der Waals surface area contributed by atoms with Gasteiger partial charge in [0.25, 0.3) is 0 Å². The molecular formula is C10H17BO. The van der Waals surface area contributed by atoms with Crippen molar-refractivity contribution in [3.8, 4) is 0 Å². The fourth-order valence-electron chi connectivity index (χ4n) is 0.522. The number of aliphatic hydroxyl groups is 1. The van der Waals surface area contributed by atoms with Gasteiger partial charge in [-0.3, -0.25) is 0 Å². The molecule has 0 rings (SSSR count). The second-order valence-electron chi connectivity index (χ2n) is 1.96. The van der Waals surface area contributed by atoms with Gasteiger partial charge in [0.2, 0.25) is 0 Å². The van der Waals surface area contributed by atoms with Crippen LogP contribution in [0.15, 0.2) is 35.9 Å². The first kappa shape index (κ1) is 13.8. The predicted octanol–water partition coefficient (Wildman–Crippen LogP) is 2.19. The molecule has 0 spiro atoms. The van der Waals surface area contributed by atoms with Gasteiger partial charge in [0, 0.05) is 0 Å². The molecule has 2 heteroatoms. The van der Waals surface area contributed by atoms with Gasteiger partial charge in [-0.15, -0.1) is 0 Å². The molecule has 1 N–H and O–H groups in total. The zero-order chi connectivity index (χ0) is 9.98. The number of rotatable bonds is 3. The molecule has 0 bridgehead atoms. The molecule has 0 aromatic heterocycles. The van der Waals surface area contributed by atoms with Crippen molar-refractivity contribution < 1.29 is 5.11 Å². The molecule has 0 unspecified atom stereocenters. The van der Waals surface area contributed by atoms with Crippen LogP contribution >= 0.6 is 0 Å². The predicted molar refractivity (Wildman–Crippen MR) is 56.2 cm³/mol. The number of hydrogen-bond donors (Lipinski definition) is 1. The molecule has 0 saturated carbocycles. The topological polar surface area (TPSA) is 20.2 Å². The van der Waals surface area contributed by atoms with E-state index in [0.29, 0.717) is 11.0 Å². The first-order valence-corrected chi connectivity index (χ1v) is 4.09. The molecule has 0 saturated heterocycles. The average molecular weight is 164 g/mol. The van der Waals surface area contributed by atoms with Crippen LogP contribution in [-0.4, -0.2) is 19.6 Å². The quantitative estimate of drug-likeness (QED) is 0.500. The normalized spacial score (nSPS) is 10.8. The van der Waals surface area contributed by atoms with E-state index in [9.17, 15) is 0 Å². The van der Waals surface area contributed by atoms with Gasteiger partial charge < -0.3 is 5.11 Å². The molecule has 0 heterocycles. The van der Waals surface area contributed by atoms with Crippen molar-refractivity contribution in [2.45, 2.75) is 20.8 Å². The maximum atomic E-state index is 8.53. The first-order valence-electron chi connectivity index (χ1n) is 4.09. The van der Waals surface area contributed by atoms with Crippen LogP contribution in [0.2, 0.25) is 0 Å². The van der Waals surface area contributed by atoms with E-state index in [1.807, 2.05) is 26.8 Å². The summed E-state index contributed by atoms with van der Waals surface area (Å²) in [7, 11) is 5.46. The van der Waals surface area contributed by atoms with E-state index in [1.165, 1.54) is 0 Å². The molecule has 2 radical (unpaired) electrons. The fourth-order valence-corrected chi connectivity index (χ4v) is 0.522. The van der Waals surface area contributed by atoms with E-state index in [0.717, 1.165) is 0 Å². The SMILES string of the molecule is CC.[B]C(/C=C\C)=C/C(=C)CO. The molecule has 0 fully saturated rings. The van der Waals surface area contributed by atoms with Crippen LogP contribution in [0.4, 0.5) is 0 Å². The van der Waals surface area contributed by atoms with Gasteiger partial charge in [-0.1, -0.05) is 44.1 Å². The van der Waals surface area contributed by atoms with E-state index in [4.69, 9.17) is 13.0 Å². The summed E-state index contributed by atoms with van der Waals surface area (Å²) in [6.07, 6.45) is 5.22. The summed E-state index contributed by atoms with van der Waals surface area (Å²) >= 11 is 0. The summed E-state index contributed by atoms with van der Waals surface area (Å²) < 4.78 is 0. The first-order chi connectivity index (χ1) is 5.70. The lowest BCUT2D eigenvalue weighted by atomic mass is 9.93. The monoisotopic (exact) mass is 164 g/mol. The Bertz CT molecular complexity index is 169. The lowest BCUT2D eigenvalue weighted by molar-refractivity contribution is 0.335. The van der Waals surface area contributed by atoms with E-state index in [-0.39, 0.29) is 6.61 Å². The molecule has 0 aromatic carbocycles. The third-order valence-electron chi connectivity index (χ3n) is 0.933. The molecule has 0 aliphatic rings.